The molecule has 3 N–H and O–H groups in total. The van der Waals surface area contributed by atoms with Gasteiger partial charge in [0.2, 0.25) is 5.91 Å². The molecule has 6 nitrogen and oxygen atoms in total. The molecule has 0 saturated carbocycles. The summed E-state index contributed by atoms with van der Waals surface area (Å²) in [6.07, 6.45) is 7.42. The van der Waals surface area contributed by atoms with Crippen molar-refractivity contribution in [2.45, 2.75) is 26.3 Å². The summed E-state index contributed by atoms with van der Waals surface area (Å²) in [5.74, 6) is 0.945. The highest BCUT2D eigenvalue weighted by atomic mass is 16.2. The van der Waals surface area contributed by atoms with Crippen molar-refractivity contribution in [1.29, 1.82) is 0 Å². The van der Waals surface area contributed by atoms with Crippen molar-refractivity contribution in [3.63, 3.8) is 0 Å². The highest BCUT2D eigenvalue weighted by Crippen LogP contribution is 2.11. The molecular formula is C14H19N5O. The average Bonchev–Trinajstić information content (AvgIpc) is 2.92. The van der Waals surface area contributed by atoms with Gasteiger partial charge in [-0.3, -0.25) is 9.36 Å². The lowest BCUT2D eigenvalue weighted by Crippen LogP contribution is -2.36. The largest absolute Gasteiger partial charge is 0.323 e. The molecule has 1 atom stereocenters. The molecule has 2 aromatic rings. The van der Waals surface area contributed by atoms with E-state index in [2.05, 4.69) is 15.3 Å². The molecule has 20 heavy (non-hydrogen) atoms. The van der Waals surface area contributed by atoms with E-state index < -0.39 is 6.04 Å². The summed E-state index contributed by atoms with van der Waals surface area (Å²) in [6.45, 7) is 4.07. The smallest absolute Gasteiger partial charge is 0.241 e. The van der Waals surface area contributed by atoms with Crippen molar-refractivity contribution in [1.82, 2.24) is 14.5 Å². The van der Waals surface area contributed by atoms with Crippen molar-refractivity contribution in [3.8, 4) is 5.82 Å². The first-order valence-electron chi connectivity index (χ1n) is 6.57. The second-order valence-electron chi connectivity index (χ2n) is 5.10. The third-order valence-electron chi connectivity index (χ3n) is 2.85. The molecule has 0 aliphatic rings. The van der Waals surface area contributed by atoms with Gasteiger partial charge in [-0.1, -0.05) is 13.8 Å². The Bertz CT molecular complexity index is 547. The van der Waals surface area contributed by atoms with Crippen molar-refractivity contribution in [2.75, 3.05) is 5.32 Å². The van der Waals surface area contributed by atoms with E-state index in [-0.39, 0.29) is 5.91 Å². The maximum Gasteiger partial charge on any atom is 0.241 e. The lowest BCUT2D eigenvalue weighted by molar-refractivity contribution is -0.117. The maximum absolute atomic E-state index is 11.9. The van der Waals surface area contributed by atoms with Gasteiger partial charge in [-0.05, 0) is 24.5 Å². The zero-order valence-electron chi connectivity index (χ0n) is 11.7. The molecule has 0 aromatic carbocycles. The molecule has 106 valence electrons. The minimum atomic E-state index is -0.497. The number of carbonyl (C=O) groups is 1. The zero-order valence-corrected chi connectivity index (χ0v) is 11.7. The van der Waals surface area contributed by atoms with Gasteiger partial charge in [0, 0.05) is 12.4 Å². The standard InChI is InChI=1S/C14H19N5O/c1-10(2)7-12(15)14(20)18-11-3-4-13(17-8-11)19-6-5-16-9-19/h3-6,8-10,12H,7,15H2,1-2H3,(H,18,20). The van der Waals surface area contributed by atoms with E-state index in [0.29, 0.717) is 18.0 Å². The van der Waals surface area contributed by atoms with Crippen molar-refractivity contribution in [2.24, 2.45) is 11.7 Å². The number of aromatic nitrogens is 3. The van der Waals surface area contributed by atoms with Gasteiger partial charge in [-0.15, -0.1) is 0 Å². The molecule has 0 aliphatic heterocycles. The third-order valence-corrected chi connectivity index (χ3v) is 2.85. The summed E-state index contributed by atoms with van der Waals surface area (Å²) in [5, 5.41) is 2.77. The van der Waals surface area contributed by atoms with Gasteiger partial charge >= 0.3 is 0 Å². The molecule has 0 fully saturated rings. The van der Waals surface area contributed by atoms with E-state index in [1.54, 1.807) is 35.6 Å². The Morgan fingerprint density at radius 3 is 2.80 bits per heavy atom. The molecule has 0 radical (unpaired) electrons. The number of nitrogens with two attached hydrogens (primary N) is 1. The van der Waals surface area contributed by atoms with E-state index >= 15 is 0 Å². The second kappa shape index (κ2) is 6.29. The SMILES string of the molecule is CC(C)CC(N)C(=O)Nc1ccc(-n2ccnc2)nc1. The van der Waals surface area contributed by atoms with Crippen LogP contribution in [-0.2, 0) is 4.79 Å². The van der Waals surface area contributed by atoms with Crippen LogP contribution in [0.2, 0.25) is 0 Å². The molecule has 1 amide bonds. The fourth-order valence-corrected chi connectivity index (χ4v) is 1.86. The Kier molecular flexibility index (Phi) is 4.47. The summed E-state index contributed by atoms with van der Waals surface area (Å²) >= 11 is 0. The summed E-state index contributed by atoms with van der Waals surface area (Å²) < 4.78 is 1.79. The minimum absolute atomic E-state index is 0.184. The number of amides is 1. The molecule has 2 heterocycles. The van der Waals surface area contributed by atoms with Crippen molar-refractivity contribution >= 4 is 11.6 Å². The number of rotatable bonds is 5. The molecule has 1 unspecified atom stereocenters. The van der Waals surface area contributed by atoms with Gasteiger partial charge in [0.1, 0.15) is 12.1 Å². The summed E-state index contributed by atoms with van der Waals surface area (Å²) in [6, 6.07) is 3.11. The number of anilines is 1. The monoisotopic (exact) mass is 273 g/mol. The van der Waals surface area contributed by atoms with E-state index in [1.807, 2.05) is 19.9 Å². The van der Waals surface area contributed by atoms with Gasteiger partial charge in [0.05, 0.1) is 17.9 Å². The van der Waals surface area contributed by atoms with Crippen LogP contribution >= 0.6 is 0 Å². The third kappa shape index (κ3) is 3.64. The Hall–Kier alpha value is -2.21. The van der Waals surface area contributed by atoms with Gasteiger partial charge in [0.15, 0.2) is 0 Å². The molecule has 0 spiro atoms. The predicted octanol–water partition coefficient (Wildman–Crippen LogP) is 1.58. The normalized spacial score (nSPS) is 12.4. The Morgan fingerprint density at radius 1 is 1.45 bits per heavy atom. The highest BCUT2D eigenvalue weighted by Gasteiger charge is 2.15. The molecule has 0 bridgehead atoms. The summed E-state index contributed by atoms with van der Waals surface area (Å²) in [5.41, 5.74) is 6.47. The van der Waals surface area contributed by atoms with Crippen LogP contribution in [-0.4, -0.2) is 26.5 Å². The Labute approximate surface area is 118 Å². The van der Waals surface area contributed by atoms with Crippen LogP contribution < -0.4 is 11.1 Å². The average molecular weight is 273 g/mol. The number of imidazole rings is 1. The Morgan fingerprint density at radius 2 is 2.25 bits per heavy atom. The maximum atomic E-state index is 11.9. The summed E-state index contributed by atoms with van der Waals surface area (Å²) in [7, 11) is 0. The van der Waals surface area contributed by atoms with E-state index in [9.17, 15) is 4.79 Å². The topological polar surface area (TPSA) is 85.8 Å². The number of pyridine rings is 1. The van der Waals surface area contributed by atoms with Gasteiger partial charge in [0.25, 0.3) is 0 Å². The van der Waals surface area contributed by atoms with Crippen LogP contribution in [0.4, 0.5) is 5.69 Å². The molecular weight excluding hydrogens is 254 g/mol. The Balaban J connectivity index is 1.99. The van der Waals surface area contributed by atoms with Crippen LogP contribution in [0.25, 0.3) is 5.82 Å². The molecule has 0 saturated heterocycles. The van der Waals surface area contributed by atoms with E-state index in [0.717, 1.165) is 5.82 Å². The number of hydrogen-bond donors (Lipinski definition) is 2. The van der Waals surface area contributed by atoms with Crippen molar-refractivity contribution in [3.05, 3.63) is 37.1 Å². The predicted molar refractivity (Wildman–Crippen MR) is 77.4 cm³/mol. The first-order chi connectivity index (χ1) is 9.56. The first-order valence-corrected chi connectivity index (χ1v) is 6.57. The van der Waals surface area contributed by atoms with Gasteiger partial charge in [-0.2, -0.15) is 0 Å². The molecule has 2 rings (SSSR count). The molecule has 0 aliphatic carbocycles. The molecule has 6 heteroatoms. The number of carbonyl (C=O) groups excluding carboxylic acids is 1. The highest BCUT2D eigenvalue weighted by molar-refractivity contribution is 5.94. The van der Waals surface area contributed by atoms with Crippen molar-refractivity contribution < 1.29 is 4.79 Å². The van der Waals surface area contributed by atoms with E-state index in [4.69, 9.17) is 5.73 Å². The van der Waals surface area contributed by atoms with E-state index in [1.165, 1.54) is 0 Å². The van der Waals surface area contributed by atoms with Crippen LogP contribution in [0, 0.1) is 5.92 Å². The summed E-state index contributed by atoms with van der Waals surface area (Å²) in [4.78, 5) is 20.1. The number of hydrogen-bond acceptors (Lipinski definition) is 4. The van der Waals surface area contributed by atoms with Crippen LogP contribution in [0.1, 0.15) is 20.3 Å². The fraction of sp³-hybridized carbons (Fsp3) is 0.357. The zero-order chi connectivity index (χ0) is 14.5. The number of nitrogens with zero attached hydrogens (tertiary/aromatic N) is 3. The minimum Gasteiger partial charge on any atom is -0.323 e. The fourth-order valence-electron chi connectivity index (χ4n) is 1.86. The van der Waals surface area contributed by atoms with Crippen LogP contribution in [0.15, 0.2) is 37.1 Å². The lowest BCUT2D eigenvalue weighted by atomic mass is 10.0. The first kappa shape index (κ1) is 14.2. The van der Waals surface area contributed by atoms with Gasteiger partial charge in [-0.25, -0.2) is 9.97 Å². The lowest BCUT2D eigenvalue weighted by Gasteiger charge is -2.14. The molecule has 2 aromatic heterocycles. The number of nitrogens with one attached hydrogen (secondary N) is 1. The quantitative estimate of drug-likeness (QED) is 0.866. The van der Waals surface area contributed by atoms with Crippen LogP contribution in [0.5, 0.6) is 0 Å². The van der Waals surface area contributed by atoms with Crippen LogP contribution in [0.3, 0.4) is 0 Å². The second-order valence-corrected chi connectivity index (χ2v) is 5.10. The van der Waals surface area contributed by atoms with Gasteiger partial charge < -0.3 is 11.1 Å².